The van der Waals surface area contributed by atoms with Crippen molar-refractivity contribution in [2.24, 2.45) is 5.92 Å². The Hall–Kier alpha value is -2.66. The highest BCUT2D eigenvalue weighted by Crippen LogP contribution is 2.38. The van der Waals surface area contributed by atoms with Crippen LogP contribution < -0.4 is 15.5 Å². The number of halogens is 4. The van der Waals surface area contributed by atoms with Gasteiger partial charge >= 0.3 is 11.9 Å². The number of hydrogen-bond acceptors (Lipinski definition) is 6. The number of hydrogen-bond donors (Lipinski definition) is 2. The van der Waals surface area contributed by atoms with Crippen molar-refractivity contribution in [2.45, 2.75) is 56.9 Å². The number of carbonyl (C=O) groups is 1. The van der Waals surface area contributed by atoms with Crippen LogP contribution in [0.15, 0.2) is 6.07 Å². The quantitative estimate of drug-likeness (QED) is 0.404. The molecule has 2 N–H and O–H groups in total. The van der Waals surface area contributed by atoms with Gasteiger partial charge in [0.1, 0.15) is 12.0 Å². The van der Waals surface area contributed by atoms with Gasteiger partial charge in [0.2, 0.25) is 5.82 Å². The number of nitro groups is 1. The van der Waals surface area contributed by atoms with Gasteiger partial charge in [-0.25, -0.2) is 9.37 Å². The summed E-state index contributed by atoms with van der Waals surface area (Å²) in [6, 6.07) is 0.658. The zero-order chi connectivity index (χ0) is 22.8. The van der Waals surface area contributed by atoms with Gasteiger partial charge in [0.05, 0.1) is 16.4 Å². The second-order valence-corrected chi connectivity index (χ2v) is 7.96. The van der Waals surface area contributed by atoms with E-state index in [1.54, 1.807) is 4.90 Å². The standard InChI is InChI=1S/C19H25F4N5O3/c1-24-16-15(28(30)31)10-14(17(26-16)27-8-6-12(20)7-9-27)18(29)25-13-4-2-11(3-5-13)19(21,22)23/h10-13H,2-9H2,1H3,(H,24,26)(H,25,29)/t11-,13-. The Labute approximate surface area is 176 Å². The molecule has 172 valence electrons. The van der Waals surface area contributed by atoms with Crippen molar-refractivity contribution in [3.8, 4) is 0 Å². The summed E-state index contributed by atoms with van der Waals surface area (Å²) in [5.41, 5.74) is -0.432. The Balaban J connectivity index is 1.83. The molecule has 0 radical (unpaired) electrons. The molecule has 2 fully saturated rings. The minimum absolute atomic E-state index is 0.0235. The van der Waals surface area contributed by atoms with E-state index in [0.717, 1.165) is 6.07 Å². The number of carbonyl (C=O) groups excluding carboxylic acids is 1. The van der Waals surface area contributed by atoms with Crippen LogP contribution in [0.2, 0.25) is 0 Å². The lowest BCUT2D eigenvalue weighted by molar-refractivity contribution is -0.384. The molecule has 3 rings (SSSR count). The summed E-state index contributed by atoms with van der Waals surface area (Å²) in [5, 5.41) is 16.8. The maximum absolute atomic E-state index is 13.6. The molecule has 0 unspecified atom stereocenters. The Morgan fingerprint density at radius 1 is 1.19 bits per heavy atom. The molecule has 31 heavy (non-hydrogen) atoms. The zero-order valence-corrected chi connectivity index (χ0v) is 17.0. The van der Waals surface area contributed by atoms with Crippen LogP contribution in [0.3, 0.4) is 0 Å². The van der Waals surface area contributed by atoms with Gasteiger partial charge in [-0.15, -0.1) is 0 Å². The van der Waals surface area contributed by atoms with Crippen LogP contribution in [-0.2, 0) is 0 Å². The first-order valence-corrected chi connectivity index (χ1v) is 10.2. The highest BCUT2D eigenvalue weighted by atomic mass is 19.4. The number of pyridine rings is 1. The van der Waals surface area contributed by atoms with Crippen LogP contribution in [0.5, 0.6) is 0 Å². The molecule has 1 aromatic rings. The molecule has 0 atom stereocenters. The van der Waals surface area contributed by atoms with Crippen molar-refractivity contribution in [3.05, 3.63) is 21.7 Å². The third-order valence-electron chi connectivity index (χ3n) is 5.91. The highest BCUT2D eigenvalue weighted by molar-refractivity contribution is 6.00. The minimum atomic E-state index is -4.25. The average Bonchev–Trinajstić information content (AvgIpc) is 2.73. The van der Waals surface area contributed by atoms with Crippen LogP contribution in [0.4, 0.5) is 34.9 Å². The topological polar surface area (TPSA) is 100 Å². The first-order chi connectivity index (χ1) is 14.6. The summed E-state index contributed by atoms with van der Waals surface area (Å²) in [7, 11) is 1.46. The Kier molecular flexibility index (Phi) is 6.85. The van der Waals surface area contributed by atoms with Crippen LogP contribution in [0, 0.1) is 16.0 Å². The fourth-order valence-corrected chi connectivity index (χ4v) is 4.11. The summed E-state index contributed by atoms with van der Waals surface area (Å²) in [4.78, 5) is 29.7. The lowest BCUT2D eigenvalue weighted by Crippen LogP contribution is -2.41. The first kappa shape index (κ1) is 23.0. The van der Waals surface area contributed by atoms with E-state index in [1.165, 1.54) is 7.05 Å². The van der Waals surface area contributed by atoms with E-state index in [4.69, 9.17) is 0 Å². The number of rotatable bonds is 5. The first-order valence-electron chi connectivity index (χ1n) is 10.2. The number of piperidine rings is 1. The predicted octanol–water partition coefficient (Wildman–Crippen LogP) is 3.82. The van der Waals surface area contributed by atoms with E-state index in [0.29, 0.717) is 13.1 Å². The van der Waals surface area contributed by atoms with E-state index in [9.17, 15) is 32.5 Å². The van der Waals surface area contributed by atoms with Gasteiger partial charge in [0, 0.05) is 32.2 Å². The van der Waals surface area contributed by atoms with Gasteiger partial charge in [-0.05, 0) is 38.5 Å². The van der Waals surface area contributed by atoms with Crippen molar-refractivity contribution in [2.75, 3.05) is 30.4 Å². The second-order valence-electron chi connectivity index (χ2n) is 7.96. The van der Waals surface area contributed by atoms with Crippen molar-refractivity contribution < 1.29 is 27.3 Å². The number of nitrogens with one attached hydrogen (secondary N) is 2. The van der Waals surface area contributed by atoms with E-state index in [2.05, 4.69) is 15.6 Å². The number of nitrogens with zero attached hydrogens (tertiary/aromatic N) is 3. The molecule has 0 aromatic carbocycles. The number of amides is 1. The van der Waals surface area contributed by atoms with E-state index < -0.39 is 40.8 Å². The van der Waals surface area contributed by atoms with Crippen LogP contribution in [0.1, 0.15) is 48.9 Å². The summed E-state index contributed by atoms with van der Waals surface area (Å²) < 4.78 is 52.2. The molecule has 8 nitrogen and oxygen atoms in total. The smallest absolute Gasteiger partial charge is 0.367 e. The minimum Gasteiger partial charge on any atom is -0.367 e. The fraction of sp³-hybridized carbons (Fsp3) is 0.684. The second kappa shape index (κ2) is 9.23. The van der Waals surface area contributed by atoms with Gasteiger partial charge in [0.15, 0.2) is 0 Å². The molecule has 1 aromatic heterocycles. The van der Waals surface area contributed by atoms with Gasteiger partial charge in [0.25, 0.3) is 5.91 Å². The SMILES string of the molecule is CNc1nc(N2CCC(F)CC2)c(C(=O)N[C@H]2CC[C@H](C(F)(F)F)CC2)cc1[N+](=O)[O-]. The van der Waals surface area contributed by atoms with Gasteiger partial charge in [-0.3, -0.25) is 14.9 Å². The molecule has 0 spiro atoms. The van der Waals surface area contributed by atoms with Gasteiger partial charge in [-0.1, -0.05) is 0 Å². The Morgan fingerprint density at radius 3 is 2.32 bits per heavy atom. The fourth-order valence-electron chi connectivity index (χ4n) is 4.11. The predicted molar refractivity (Wildman–Crippen MR) is 106 cm³/mol. The van der Waals surface area contributed by atoms with Gasteiger partial charge in [-0.2, -0.15) is 13.2 Å². The van der Waals surface area contributed by atoms with Crippen LogP contribution in [-0.4, -0.2) is 54.3 Å². The highest BCUT2D eigenvalue weighted by Gasteiger charge is 2.41. The third kappa shape index (κ3) is 5.34. The maximum atomic E-state index is 13.6. The van der Waals surface area contributed by atoms with Crippen molar-refractivity contribution >= 4 is 23.2 Å². The third-order valence-corrected chi connectivity index (χ3v) is 5.91. The average molecular weight is 447 g/mol. The zero-order valence-electron chi connectivity index (χ0n) is 17.0. The van der Waals surface area contributed by atoms with Crippen LogP contribution in [0.25, 0.3) is 0 Å². The largest absolute Gasteiger partial charge is 0.391 e. The van der Waals surface area contributed by atoms with E-state index in [1.807, 2.05) is 0 Å². The monoisotopic (exact) mass is 447 g/mol. The van der Waals surface area contributed by atoms with Crippen molar-refractivity contribution in [1.29, 1.82) is 0 Å². The normalized spacial score (nSPS) is 22.8. The summed E-state index contributed by atoms with van der Waals surface area (Å²) in [6.45, 7) is 0.595. The molecule has 1 aliphatic carbocycles. The van der Waals surface area contributed by atoms with Crippen LogP contribution >= 0.6 is 0 Å². The molecule has 1 amide bonds. The lowest BCUT2D eigenvalue weighted by Gasteiger charge is -2.32. The van der Waals surface area contributed by atoms with Gasteiger partial charge < -0.3 is 15.5 Å². The van der Waals surface area contributed by atoms with Crippen molar-refractivity contribution in [3.63, 3.8) is 0 Å². The molecule has 1 saturated carbocycles. The molecule has 2 aliphatic rings. The summed E-state index contributed by atoms with van der Waals surface area (Å²) >= 11 is 0. The van der Waals surface area contributed by atoms with Crippen molar-refractivity contribution in [1.82, 2.24) is 10.3 Å². The molecule has 0 bridgehead atoms. The Morgan fingerprint density at radius 2 is 1.81 bits per heavy atom. The number of alkyl halides is 4. The molecule has 2 heterocycles. The molecular weight excluding hydrogens is 422 g/mol. The molecule has 12 heteroatoms. The van der Waals surface area contributed by atoms with E-state index in [-0.39, 0.29) is 55.7 Å². The summed E-state index contributed by atoms with van der Waals surface area (Å²) in [5.74, 6) is -1.84. The number of anilines is 2. The molecule has 1 aliphatic heterocycles. The maximum Gasteiger partial charge on any atom is 0.391 e. The summed E-state index contributed by atoms with van der Waals surface area (Å²) in [6.07, 6.45) is -4.54. The van der Waals surface area contributed by atoms with E-state index >= 15 is 0 Å². The Bertz CT molecular complexity index is 819. The molecular formula is C19H25F4N5O3. The lowest BCUT2D eigenvalue weighted by atomic mass is 9.85. The molecule has 1 saturated heterocycles. The number of aromatic nitrogens is 1.